The zero-order valence-electron chi connectivity index (χ0n) is 14.4. The van der Waals surface area contributed by atoms with E-state index in [9.17, 15) is 9.90 Å². The van der Waals surface area contributed by atoms with Crippen molar-refractivity contribution in [3.8, 4) is 0 Å². The highest BCUT2D eigenvalue weighted by Crippen LogP contribution is 2.23. The molecule has 0 aliphatic heterocycles. The quantitative estimate of drug-likeness (QED) is 0.753. The number of nitrogens with zero attached hydrogens (tertiary/aromatic N) is 2. The molecule has 25 heavy (non-hydrogen) atoms. The molecule has 2 unspecified atom stereocenters. The van der Waals surface area contributed by atoms with E-state index in [1.165, 1.54) is 5.56 Å². The third kappa shape index (κ3) is 5.06. The summed E-state index contributed by atoms with van der Waals surface area (Å²) in [6.45, 7) is 1.43. The van der Waals surface area contributed by atoms with Gasteiger partial charge < -0.3 is 20.3 Å². The average Bonchev–Trinajstić information content (AvgIpc) is 3.15. The number of carbonyl (C=O) groups excluding carboxylic acids is 1. The number of rotatable bonds is 6. The Bertz CT molecular complexity index is 655. The fourth-order valence-electron chi connectivity index (χ4n) is 3.37. The van der Waals surface area contributed by atoms with Crippen LogP contribution in [0.3, 0.4) is 0 Å². The number of imidazole rings is 1. The maximum absolute atomic E-state index is 12.1. The van der Waals surface area contributed by atoms with Crippen LogP contribution in [0.5, 0.6) is 0 Å². The van der Waals surface area contributed by atoms with Crippen molar-refractivity contribution in [1.82, 2.24) is 20.2 Å². The highest BCUT2D eigenvalue weighted by Gasteiger charge is 2.25. The first-order valence-electron chi connectivity index (χ1n) is 8.93. The number of urea groups is 1. The number of nitrogens with one attached hydrogen (secondary N) is 2. The van der Waals surface area contributed by atoms with Gasteiger partial charge in [-0.3, -0.25) is 0 Å². The molecule has 1 heterocycles. The van der Waals surface area contributed by atoms with Crippen molar-refractivity contribution in [3.05, 3.63) is 54.1 Å². The molecular weight excluding hydrogens is 316 g/mol. The summed E-state index contributed by atoms with van der Waals surface area (Å²) in [7, 11) is 0. The normalized spacial score (nSPS) is 20.2. The Hall–Kier alpha value is -2.34. The number of aliphatic hydroxyl groups excluding tert-OH is 1. The molecule has 2 amide bonds. The lowest BCUT2D eigenvalue weighted by molar-refractivity contribution is 0.153. The maximum atomic E-state index is 12.1. The average molecular weight is 342 g/mol. The van der Waals surface area contributed by atoms with Gasteiger partial charge in [0, 0.05) is 44.0 Å². The molecular formula is C19H26N4O2. The van der Waals surface area contributed by atoms with Gasteiger partial charge in [-0.2, -0.15) is 0 Å². The zero-order chi connectivity index (χ0) is 17.5. The smallest absolute Gasteiger partial charge is 0.315 e. The number of hydrogen-bond donors (Lipinski definition) is 3. The third-order valence-corrected chi connectivity index (χ3v) is 4.86. The molecule has 1 aliphatic carbocycles. The Morgan fingerprint density at radius 1 is 1.20 bits per heavy atom. The summed E-state index contributed by atoms with van der Waals surface area (Å²) in [5.41, 5.74) is 2.26. The standard InChI is InChI=1S/C19H26N4O2/c24-13-17-3-1-2-4-18(17)22-19(25)21-11-15-5-7-16(8-6-15)12-23-10-9-20-14-23/h5-10,14,17-18,24H,1-4,11-13H2,(H2,21,22,25). The van der Waals surface area contributed by atoms with Gasteiger partial charge in [-0.05, 0) is 24.0 Å². The molecule has 2 aromatic rings. The van der Waals surface area contributed by atoms with Crippen LogP contribution in [0.1, 0.15) is 36.8 Å². The van der Waals surface area contributed by atoms with E-state index in [1.54, 1.807) is 12.5 Å². The lowest BCUT2D eigenvalue weighted by atomic mass is 9.85. The van der Waals surface area contributed by atoms with E-state index >= 15 is 0 Å². The summed E-state index contributed by atoms with van der Waals surface area (Å²) in [5, 5.41) is 15.3. The van der Waals surface area contributed by atoms with Crippen LogP contribution in [-0.4, -0.2) is 33.3 Å². The number of aromatic nitrogens is 2. The first-order chi connectivity index (χ1) is 12.2. The molecule has 1 fully saturated rings. The third-order valence-electron chi connectivity index (χ3n) is 4.86. The number of benzene rings is 1. The molecule has 6 nitrogen and oxygen atoms in total. The van der Waals surface area contributed by atoms with Crippen molar-refractivity contribution in [2.45, 2.75) is 44.8 Å². The summed E-state index contributed by atoms with van der Waals surface area (Å²) in [4.78, 5) is 16.1. The molecule has 1 aliphatic rings. The van der Waals surface area contributed by atoms with E-state index in [1.807, 2.05) is 22.9 Å². The molecule has 1 saturated carbocycles. The van der Waals surface area contributed by atoms with Crippen LogP contribution in [0.25, 0.3) is 0 Å². The number of carbonyl (C=O) groups is 1. The lowest BCUT2D eigenvalue weighted by Gasteiger charge is -2.30. The SMILES string of the molecule is O=C(NCc1ccc(Cn2ccnc2)cc1)NC1CCCCC1CO. The highest BCUT2D eigenvalue weighted by molar-refractivity contribution is 5.74. The van der Waals surface area contributed by atoms with E-state index in [-0.39, 0.29) is 24.6 Å². The number of aliphatic hydroxyl groups is 1. The molecule has 3 N–H and O–H groups in total. The largest absolute Gasteiger partial charge is 0.396 e. The molecule has 1 aromatic heterocycles. The Labute approximate surface area is 148 Å². The van der Waals surface area contributed by atoms with Crippen molar-refractivity contribution >= 4 is 6.03 Å². The topological polar surface area (TPSA) is 79.2 Å². The Balaban J connectivity index is 1.45. The van der Waals surface area contributed by atoms with Gasteiger partial charge in [-0.15, -0.1) is 0 Å². The van der Waals surface area contributed by atoms with Crippen LogP contribution >= 0.6 is 0 Å². The van der Waals surface area contributed by atoms with Crippen LogP contribution in [0.4, 0.5) is 4.79 Å². The summed E-state index contributed by atoms with van der Waals surface area (Å²) < 4.78 is 2.02. The van der Waals surface area contributed by atoms with Gasteiger partial charge in [0.05, 0.1) is 6.33 Å². The molecule has 1 aromatic carbocycles. The number of hydrogen-bond acceptors (Lipinski definition) is 3. The molecule has 2 atom stereocenters. The Kier molecular flexibility index (Phi) is 6.06. The van der Waals surface area contributed by atoms with Crippen LogP contribution in [0.2, 0.25) is 0 Å². The van der Waals surface area contributed by atoms with Crippen LogP contribution in [0, 0.1) is 5.92 Å². The van der Waals surface area contributed by atoms with Gasteiger partial charge in [0.2, 0.25) is 0 Å². The van der Waals surface area contributed by atoms with Gasteiger partial charge in [-0.25, -0.2) is 9.78 Å². The fraction of sp³-hybridized carbons (Fsp3) is 0.474. The summed E-state index contributed by atoms with van der Waals surface area (Å²) in [6, 6.07) is 8.12. The van der Waals surface area contributed by atoms with E-state index in [2.05, 4.69) is 27.8 Å². The minimum atomic E-state index is -0.159. The van der Waals surface area contributed by atoms with Gasteiger partial charge >= 0.3 is 6.03 Å². The van der Waals surface area contributed by atoms with E-state index < -0.39 is 0 Å². The van der Waals surface area contributed by atoms with Crippen LogP contribution in [-0.2, 0) is 13.1 Å². The van der Waals surface area contributed by atoms with E-state index in [4.69, 9.17) is 0 Å². The highest BCUT2D eigenvalue weighted by atomic mass is 16.3. The molecule has 134 valence electrons. The summed E-state index contributed by atoms with van der Waals surface area (Å²) in [6.07, 6.45) is 9.68. The molecule has 6 heteroatoms. The van der Waals surface area contributed by atoms with Crippen molar-refractivity contribution in [2.24, 2.45) is 5.92 Å². The van der Waals surface area contributed by atoms with Crippen molar-refractivity contribution < 1.29 is 9.90 Å². The lowest BCUT2D eigenvalue weighted by Crippen LogP contribution is -2.47. The molecule has 3 rings (SSSR count). The van der Waals surface area contributed by atoms with Crippen LogP contribution < -0.4 is 10.6 Å². The van der Waals surface area contributed by atoms with Crippen molar-refractivity contribution in [1.29, 1.82) is 0 Å². The number of amides is 2. The van der Waals surface area contributed by atoms with E-state index in [0.717, 1.165) is 37.8 Å². The molecule has 0 saturated heterocycles. The van der Waals surface area contributed by atoms with E-state index in [0.29, 0.717) is 6.54 Å². The molecule has 0 spiro atoms. The Morgan fingerprint density at radius 3 is 2.68 bits per heavy atom. The Morgan fingerprint density at radius 2 is 1.96 bits per heavy atom. The zero-order valence-corrected chi connectivity index (χ0v) is 14.4. The minimum Gasteiger partial charge on any atom is -0.396 e. The van der Waals surface area contributed by atoms with Crippen LogP contribution in [0.15, 0.2) is 43.0 Å². The first kappa shape index (κ1) is 17.5. The first-order valence-corrected chi connectivity index (χ1v) is 8.93. The minimum absolute atomic E-state index is 0.0799. The van der Waals surface area contributed by atoms with Crippen molar-refractivity contribution in [2.75, 3.05) is 6.61 Å². The van der Waals surface area contributed by atoms with Gasteiger partial charge in [0.15, 0.2) is 0 Å². The van der Waals surface area contributed by atoms with Gasteiger partial charge in [-0.1, -0.05) is 37.1 Å². The second kappa shape index (κ2) is 8.67. The predicted octanol–water partition coefficient (Wildman–Crippen LogP) is 2.28. The molecule has 0 bridgehead atoms. The monoisotopic (exact) mass is 342 g/mol. The second-order valence-corrected chi connectivity index (χ2v) is 6.71. The predicted molar refractivity (Wildman–Crippen MR) is 96.0 cm³/mol. The van der Waals surface area contributed by atoms with Crippen molar-refractivity contribution in [3.63, 3.8) is 0 Å². The second-order valence-electron chi connectivity index (χ2n) is 6.71. The van der Waals surface area contributed by atoms with Gasteiger partial charge in [0.1, 0.15) is 0 Å². The van der Waals surface area contributed by atoms with Gasteiger partial charge in [0.25, 0.3) is 0 Å². The maximum Gasteiger partial charge on any atom is 0.315 e. The molecule has 0 radical (unpaired) electrons. The fourth-order valence-corrected chi connectivity index (χ4v) is 3.37. The summed E-state index contributed by atoms with van der Waals surface area (Å²) in [5.74, 6) is 0.182. The summed E-state index contributed by atoms with van der Waals surface area (Å²) >= 11 is 0.